The molecule has 0 spiro atoms. The fourth-order valence-electron chi connectivity index (χ4n) is 4.01. The molecule has 2 aliphatic rings. The summed E-state index contributed by atoms with van der Waals surface area (Å²) in [7, 11) is 0. The van der Waals surface area contributed by atoms with E-state index in [0.717, 1.165) is 42.4 Å². The number of nitrogen functional groups attached to an aromatic ring is 1. The molecule has 1 saturated carbocycles. The van der Waals surface area contributed by atoms with Crippen molar-refractivity contribution in [1.82, 2.24) is 20.1 Å². The number of carbonyl (C=O) groups excluding carboxylic acids is 1. The average molecular weight is 376 g/mol. The highest BCUT2D eigenvalue weighted by Crippen LogP contribution is 2.48. The fourth-order valence-corrected chi connectivity index (χ4v) is 4.01. The molecule has 0 atom stereocenters. The summed E-state index contributed by atoms with van der Waals surface area (Å²) in [6.45, 7) is 0.645. The van der Waals surface area contributed by atoms with Gasteiger partial charge in [-0.1, -0.05) is 35.8 Å². The van der Waals surface area contributed by atoms with Gasteiger partial charge >= 0.3 is 6.01 Å². The van der Waals surface area contributed by atoms with Gasteiger partial charge in [-0.3, -0.25) is 9.69 Å². The zero-order chi connectivity index (χ0) is 19.1. The van der Waals surface area contributed by atoms with Gasteiger partial charge in [-0.05, 0) is 30.4 Å². The van der Waals surface area contributed by atoms with Crippen LogP contribution >= 0.6 is 0 Å². The molecule has 2 N–H and O–H groups in total. The maximum absolute atomic E-state index is 12.0. The molecule has 0 radical (unpaired) electrons. The Bertz CT molecular complexity index is 1010. The molecule has 1 aliphatic carbocycles. The highest BCUT2D eigenvalue weighted by molar-refractivity contribution is 5.93. The lowest BCUT2D eigenvalue weighted by Gasteiger charge is -2.39. The van der Waals surface area contributed by atoms with Gasteiger partial charge in [-0.15, -0.1) is 0 Å². The Morgan fingerprint density at radius 2 is 1.79 bits per heavy atom. The van der Waals surface area contributed by atoms with E-state index in [-0.39, 0.29) is 17.3 Å². The monoisotopic (exact) mass is 376 g/mol. The summed E-state index contributed by atoms with van der Waals surface area (Å²) in [5.74, 6) is 0.975. The number of hydrogen-bond acceptors (Lipinski definition) is 7. The van der Waals surface area contributed by atoms with Crippen molar-refractivity contribution in [2.75, 3.05) is 17.2 Å². The molecule has 142 valence electrons. The Kier molecular flexibility index (Phi) is 3.85. The van der Waals surface area contributed by atoms with Gasteiger partial charge in [0.2, 0.25) is 11.9 Å². The van der Waals surface area contributed by atoms with Crippen molar-refractivity contribution in [3.63, 3.8) is 0 Å². The number of rotatable bonds is 4. The summed E-state index contributed by atoms with van der Waals surface area (Å²) in [5.41, 5.74) is 8.40. The molecule has 1 aromatic carbocycles. The molecule has 1 amide bonds. The number of nitrogens with two attached hydrogens (primary N) is 1. The van der Waals surface area contributed by atoms with Crippen molar-refractivity contribution in [3.8, 4) is 11.1 Å². The molecule has 8 heteroatoms. The molecule has 2 aromatic heterocycles. The maximum atomic E-state index is 12.0. The minimum Gasteiger partial charge on any atom is -0.368 e. The van der Waals surface area contributed by atoms with Crippen LogP contribution in [0.4, 0.5) is 12.0 Å². The predicted molar refractivity (Wildman–Crippen MR) is 102 cm³/mol. The lowest BCUT2D eigenvalue weighted by Crippen LogP contribution is -2.36. The van der Waals surface area contributed by atoms with Crippen LogP contribution in [0.3, 0.4) is 0 Å². The second kappa shape index (κ2) is 6.40. The number of anilines is 2. The molecule has 0 unspecified atom stereocenters. The first-order valence-corrected chi connectivity index (χ1v) is 9.49. The first kappa shape index (κ1) is 16.9. The van der Waals surface area contributed by atoms with Gasteiger partial charge < -0.3 is 10.3 Å². The summed E-state index contributed by atoms with van der Waals surface area (Å²) < 4.78 is 5.44. The first-order valence-electron chi connectivity index (χ1n) is 9.49. The van der Waals surface area contributed by atoms with Crippen LogP contribution in [0.1, 0.15) is 43.5 Å². The summed E-state index contributed by atoms with van der Waals surface area (Å²) >= 11 is 0. The van der Waals surface area contributed by atoms with Crippen LogP contribution in [0.5, 0.6) is 0 Å². The van der Waals surface area contributed by atoms with Crippen molar-refractivity contribution in [2.45, 2.75) is 37.5 Å². The predicted octanol–water partition coefficient (Wildman–Crippen LogP) is 2.71. The van der Waals surface area contributed by atoms with Crippen molar-refractivity contribution < 1.29 is 9.32 Å². The molecule has 3 aromatic rings. The van der Waals surface area contributed by atoms with E-state index in [0.29, 0.717) is 24.8 Å². The van der Waals surface area contributed by atoms with E-state index in [9.17, 15) is 4.79 Å². The standard InChI is InChI=1S/C20H20N6O2/c21-18-22-11-14(12-23-18)13-4-6-15(7-5-13)20(8-2-9-20)17-24-19(28-25-17)26-10-1-3-16(26)27/h4-7,11-12H,1-3,8-10H2,(H2,21,22,23). The number of amides is 1. The summed E-state index contributed by atoms with van der Waals surface area (Å²) in [4.78, 5) is 26.2. The van der Waals surface area contributed by atoms with Gasteiger partial charge in [0.1, 0.15) is 0 Å². The molecule has 28 heavy (non-hydrogen) atoms. The molecule has 1 aliphatic heterocycles. The van der Waals surface area contributed by atoms with E-state index in [4.69, 9.17) is 10.3 Å². The molecular formula is C20H20N6O2. The molecule has 3 heterocycles. The summed E-state index contributed by atoms with van der Waals surface area (Å²) in [6, 6.07) is 8.62. The second-order valence-corrected chi connectivity index (χ2v) is 7.39. The molecule has 8 nitrogen and oxygen atoms in total. The summed E-state index contributed by atoms with van der Waals surface area (Å²) in [5, 5.41) is 4.24. The van der Waals surface area contributed by atoms with Crippen LogP contribution in [-0.4, -0.2) is 32.6 Å². The van der Waals surface area contributed by atoms with Gasteiger partial charge in [0, 0.05) is 30.9 Å². The first-order chi connectivity index (χ1) is 13.7. The molecular weight excluding hydrogens is 356 g/mol. The summed E-state index contributed by atoms with van der Waals surface area (Å²) in [6.07, 6.45) is 7.84. The van der Waals surface area contributed by atoms with Crippen LogP contribution in [0.15, 0.2) is 41.2 Å². The quantitative estimate of drug-likeness (QED) is 0.745. The van der Waals surface area contributed by atoms with Gasteiger partial charge in [0.05, 0.1) is 5.41 Å². The zero-order valence-electron chi connectivity index (χ0n) is 15.3. The van der Waals surface area contributed by atoms with E-state index in [1.807, 2.05) is 0 Å². The molecule has 1 saturated heterocycles. The van der Waals surface area contributed by atoms with Crippen molar-refractivity contribution in [1.29, 1.82) is 0 Å². The largest absolute Gasteiger partial charge is 0.368 e. The number of aromatic nitrogens is 4. The second-order valence-electron chi connectivity index (χ2n) is 7.39. The van der Waals surface area contributed by atoms with Crippen LogP contribution < -0.4 is 10.6 Å². The van der Waals surface area contributed by atoms with Gasteiger partial charge in [0.25, 0.3) is 0 Å². The minimum absolute atomic E-state index is 0.0490. The van der Waals surface area contributed by atoms with E-state index < -0.39 is 0 Å². The number of nitrogens with zero attached hydrogens (tertiary/aromatic N) is 5. The maximum Gasteiger partial charge on any atom is 0.330 e. The number of hydrogen-bond donors (Lipinski definition) is 1. The Morgan fingerprint density at radius 1 is 1.04 bits per heavy atom. The highest BCUT2D eigenvalue weighted by Gasteiger charge is 2.45. The van der Waals surface area contributed by atoms with Crippen molar-refractivity contribution in [3.05, 3.63) is 48.0 Å². The lowest BCUT2D eigenvalue weighted by molar-refractivity contribution is -0.117. The third kappa shape index (κ3) is 2.64. The van der Waals surface area contributed by atoms with Crippen molar-refractivity contribution >= 4 is 17.9 Å². The van der Waals surface area contributed by atoms with Crippen LogP contribution in [0.25, 0.3) is 11.1 Å². The minimum atomic E-state index is -0.249. The number of carbonyl (C=O) groups is 1. The Morgan fingerprint density at radius 3 is 2.39 bits per heavy atom. The van der Waals surface area contributed by atoms with Crippen LogP contribution in [0, 0.1) is 0 Å². The Labute approximate surface area is 161 Å². The average Bonchev–Trinajstić information content (AvgIpc) is 3.31. The molecule has 0 bridgehead atoms. The number of benzene rings is 1. The Balaban J connectivity index is 1.44. The third-order valence-electron chi connectivity index (χ3n) is 5.80. The van der Waals surface area contributed by atoms with Crippen molar-refractivity contribution in [2.24, 2.45) is 0 Å². The fraction of sp³-hybridized carbons (Fsp3) is 0.350. The smallest absolute Gasteiger partial charge is 0.330 e. The van der Waals surface area contributed by atoms with Gasteiger partial charge in [-0.2, -0.15) is 4.98 Å². The lowest BCUT2D eigenvalue weighted by atomic mass is 9.64. The third-order valence-corrected chi connectivity index (χ3v) is 5.80. The van der Waals surface area contributed by atoms with Gasteiger partial charge in [-0.25, -0.2) is 9.97 Å². The van der Waals surface area contributed by atoms with E-state index >= 15 is 0 Å². The molecule has 5 rings (SSSR count). The van der Waals surface area contributed by atoms with E-state index in [1.165, 1.54) is 0 Å². The van der Waals surface area contributed by atoms with E-state index in [1.54, 1.807) is 17.3 Å². The zero-order valence-corrected chi connectivity index (χ0v) is 15.3. The SMILES string of the molecule is Nc1ncc(-c2ccc(C3(c4noc(N5CCCC5=O)n4)CCC3)cc2)cn1. The molecule has 2 fully saturated rings. The topological polar surface area (TPSA) is 111 Å². The van der Waals surface area contributed by atoms with Gasteiger partial charge in [0.15, 0.2) is 5.82 Å². The van der Waals surface area contributed by atoms with Crippen LogP contribution in [-0.2, 0) is 10.2 Å². The van der Waals surface area contributed by atoms with Crippen LogP contribution in [0.2, 0.25) is 0 Å². The van der Waals surface area contributed by atoms with E-state index in [2.05, 4.69) is 44.4 Å². The Hall–Kier alpha value is -3.29. The normalized spacial score (nSPS) is 18.3. The highest BCUT2D eigenvalue weighted by atomic mass is 16.5.